The van der Waals surface area contributed by atoms with Crippen LogP contribution in [0.2, 0.25) is 5.02 Å². The van der Waals surface area contributed by atoms with Gasteiger partial charge in [0.15, 0.2) is 0 Å². The lowest BCUT2D eigenvalue weighted by Crippen LogP contribution is -2.50. The molecule has 4 heteroatoms. The number of carbonyl (C=O) groups is 1. The van der Waals surface area contributed by atoms with Crippen LogP contribution in [-0.4, -0.2) is 17.1 Å². The smallest absolute Gasteiger partial charge is 0.328 e. The van der Waals surface area contributed by atoms with Crippen molar-refractivity contribution in [2.24, 2.45) is 0 Å². The van der Waals surface area contributed by atoms with E-state index in [4.69, 9.17) is 11.6 Å². The third kappa shape index (κ3) is 2.68. The minimum absolute atomic E-state index is 0.293. The molecule has 1 atom stereocenters. The average Bonchev–Trinajstić information content (AvgIpc) is 2.82. The second-order valence-electron chi connectivity index (χ2n) is 5.06. The average molecular weight is 268 g/mol. The van der Waals surface area contributed by atoms with Crippen LogP contribution in [-0.2, 0) is 10.3 Å². The topological polar surface area (TPSA) is 49.3 Å². The van der Waals surface area contributed by atoms with Crippen LogP contribution in [0.25, 0.3) is 0 Å². The molecule has 1 unspecified atom stereocenters. The second kappa shape index (κ2) is 5.29. The van der Waals surface area contributed by atoms with E-state index in [1.807, 2.05) is 0 Å². The maximum atomic E-state index is 11.6. The molecule has 0 saturated heterocycles. The van der Waals surface area contributed by atoms with Crippen LogP contribution in [0, 0.1) is 0 Å². The molecule has 0 heterocycles. The number of benzene rings is 1. The zero-order chi connectivity index (χ0) is 13.2. The summed E-state index contributed by atoms with van der Waals surface area (Å²) in [6.45, 7) is 1.72. The molecule has 0 aliphatic heterocycles. The summed E-state index contributed by atoms with van der Waals surface area (Å²) < 4.78 is 0. The Bertz CT molecular complexity index is 426. The van der Waals surface area contributed by atoms with Crippen molar-refractivity contribution < 1.29 is 9.90 Å². The molecule has 0 spiro atoms. The number of hydrogen-bond donors (Lipinski definition) is 2. The summed E-state index contributed by atoms with van der Waals surface area (Å²) >= 11 is 5.84. The van der Waals surface area contributed by atoms with Gasteiger partial charge in [-0.25, -0.2) is 4.79 Å². The van der Waals surface area contributed by atoms with Crippen LogP contribution in [0.15, 0.2) is 24.3 Å². The maximum absolute atomic E-state index is 11.6. The number of carboxylic acid groups (broad SMARTS) is 1. The van der Waals surface area contributed by atoms with Crippen LogP contribution in [0.1, 0.15) is 38.2 Å². The van der Waals surface area contributed by atoms with E-state index in [1.54, 1.807) is 31.2 Å². The monoisotopic (exact) mass is 267 g/mol. The van der Waals surface area contributed by atoms with Gasteiger partial charge in [0.2, 0.25) is 0 Å². The first-order valence-electron chi connectivity index (χ1n) is 6.29. The van der Waals surface area contributed by atoms with Gasteiger partial charge in [-0.15, -0.1) is 0 Å². The van der Waals surface area contributed by atoms with E-state index in [0.717, 1.165) is 18.4 Å². The quantitative estimate of drug-likeness (QED) is 0.881. The van der Waals surface area contributed by atoms with E-state index in [-0.39, 0.29) is 0 Å². The Morgan fingerprint density at radius 1 is 1.33 bits per heavy atom. The van der Waals surface area contributed by atoms with Crippen molar-refractivity contribution in [1.82, 2.24) is 5.32 Å². The highest BCUT2D eigenvalue weighted by Crippen LogP contribution is 2.27. The molecule has 1 aliphatic rings. The highest BCUT2D eigenvalue weighted by atomic mass is 35.5. The summed E-state index contributed by atoms with van der Waals surface area (Å²) in [7, 11) is 0. The molecule has 1 fully saturated rings. The molecule has 18 heavy (non-hydrogen) atoms. The summed E-state index contributed by atoms with van der Waals surface area (Å²) in [6, 6.07) is 7.31. The van der Waals surface area contributed by atoms with Crippen molar-refractivity contribution in [2.75, 3.05) is 0 Å². The van der Waals surface area contributed by atoms with Crippen molar-refractivity contribution in [3.05, 3.63) is 34.9 Å². The molecule has 0 aromatic heterocycles. The fraction of sp³-hybridized carbons (Fsp3) is 0.500. The standard InChI is InChI=1S/C14H18ClNO2/c1-14(13(17)18,16-12-4-2-3-5-12)10-6-8-11(15)9-7-10/h6-9,12,16H,2-5H2,1H3,(H,17,18). The van der Waals surface area contributed by atoms with Gasteiger partial charge in [-0.2, -0.15) is 0 Å². The number of halogens is 1. The van der Waals surface area contributed by atoms with E-state index >= 15 is 0 Å². The van der Waals surface area contributed by atoms with Crippen LogP contribution >= 0.6 is 11.6 Å². The minimum atomic E-state index is -1.04. The fourth-order valence-electron chi connectivity index (χ4n) is 2.53. The molecule has 1 aliphatic carbocycles. The van der Waals surface area contributed by atoms with E-state index < -0.39 is 11.5 Å². The Balaban J connectivity index is 2.25. The van der Waals surface area contributed by atoms with Gasteiger partial charge in [-0.1, -0.05) is 36.6 Å². The summed E-state index contributed by atoms with van der Waals surface area (Å²) in [5.41, 5.74) is -0.300. The van der Waals surface area contributed by atoms with Gasteiger partial charge in [-0.3, -0.25) is 5.32 Å². The lowest BCUT2D eigenvalue weighted by Gasteiger charge is -2.30. The van der Waals surface area contributed by atoms with Crippen LogP contribution in [0.3, 0.4) is 0 Å². The van der Waals surface area contributed by atoms with Gasteiger partial charge in [0.1, 0.15) is 5.54 Å². The molecule has 1 saturated carbocycles. The Labute approximate surface area is 112 Å². The van der Waals surface area contributed by atoms with Crippen molar-refractivity contribution >= 4 is 17.6 Å². The van der Waals surface area contributed by atoms with Gasteiger partial charge < -0.3 is 5.11 Å². The lowest BCUT2D eigenvalue weighted by atomic mass is 9.91. The molecule has 1 aromatic rings. The Kier molecular flexibility index (Phi) is 3.93. The summed E-state index contributed by atoms with van der Waals surface area (Å²) in [4.78, 5) is 11.6. The van der Waals surface area contributed by atoms with E-state index in [1.165, 1.54) is 12.8 Å². The first-order chi connectivity index (χ1) is 8.52. The molecule has 0 bridgehead atoms. The zero-order valence-corrected chi connectivity index (χ0v) is 11.2. The molecule has 1 aromatic carbocycles. The second-order valence-corrected chi connectivity index (χ2v) is 5.50. The van der Waals surface area contributed by atoms with E-state index in [9.17, 15) is 9.90 Å². The summed E-state index contributed by atoms with van der Waals surface area (Å²) in [6.07, 6.45) is 4.45. The molecular formula is C14H18ClNO2. The van der Waals surface area contributed by atoms with Gasteiger partial charge in [0.05, 0.1) is 0 Å². The lowest BCUT2D eigenvalue weighted by molar-refractivity contribution is -0.145. The van der Waals surface area contributed by atoms with Crippen LogP contribution in [0.5, 0.6) is 0 Å². The van der Waals surface area contributed by atoms with Crippen molar-refractivity contribution in [3.8, 4) is 0 Å². The number of aliphatic carboxylic acids is 1. The third-order valence-corrected chi connectivity index (χ3v) is 3.95. The minimum Gasteiger partial charge on any atom is -0.480 e. The van der Waals surface area contributed by atoms with Gasteiger partial charge >= 0.3 is 5.97 Å². The molecule has 0 amide bonds. The fourth-order valence-corrected chi connectivity index (χ4v) is 2.66. The van der Waals surface area contributed by atoms with Crippen molar-refractivity contribution in [2.45, 2.75) is 44.2 Å². The van der Waals surface area contributed by atoms with Crippen molar-refractivity contribution in [3.63, 3.8) is 0 Å². The number of nitrogens with one attached hydrogen (secondary N) is 1. The Hall–Kier alpha value is -1.06. The summed E-state index contributed by atoms with van der Waals surface area (Å²) in [5, 5.41) is 13.4. The van der Waals surface area contributed by atoms with E-state index in [0.29, 0.717) is 11.1 Å². The Morgan fingerprint density at radius 2 is 1.89 bits per heavy atom. The van der Waals surface area contributed by atoms with Crippen LogP contribution < -0.4 is 5.32 Å². The number of carboxylic acids is 1. The van der Waals surface area contributed by atoms with Gasteiger partial charge in [-0.05, 0) is 37.5 Å². The predicted molar refractivity (Wildman–Crippen MR) is 71.8 cm³/mol. The third-order valence-electron chi connectivity index (χ3n) is 3.70. The SMILES string of the molecule is CC(NC1CCCC1)(C(=O)O)c1ccc(Cl)cc1. The molecule has 98 valence electrons. The molecule has 2 rings (SSSR count). The Morgan fingerprint density at radius 3 is 2.39 bits per heavy atom. The van der Waals surface area contributed by atoms with E-state index in [2.05, 4.69) is 5.32 Å². The molecule has 2 N–H and O–H groups in total. The zero-order valence-electron chi connectivity index (χ0n) is 10.4. The van der Waals surface area contributed by atoms with Gasteiger partial charge in [0.25, 0.3) is 0 Å². The maximum Gasteiger partial charge on any atom is 0.328 e. The normalized spacial score (nSPS) is 19.7. The molecular weight excluding hydrogens is 250 g/mol. The van der Waals surface area contributed by atoms with Crippen molar-refractivity contribution in [1.29, 1.82) is 0 Å². The highest BCUT2D eigenvalue weighted by Gasteiger charge is 2.37. The predicted octanol–water partition coefficient (Wildman–Crippen LogP) is 3.17. The highest BCUT2D eigenvalue weighted by molar-refractivity contribution is 6.30. The van der Waals surface area contributed by atoms with Gasteiger partial charge in [0, 0.05) is 11.1 Å². The first kappa shape index (κ1) is 13.4. The number of rotatable bonds is 4. The summed E-state index contributed by atoms with van der Waals surface area (Å²) in [5.74, 6) is -0.850. The van der Waals surface area contributed by atoms with Crippen LogP contribution in [0.4, 0.5) is 0 Å². The molecule has 3 nitrogen and oxygen atoms in total. The first-order valence-corrected chi connectivity index (χ1v) is 6.67. The molecule has 0 radical (unpaired) electrons. The number of hydrogen-bond acceptors (Lipinski definition) is 2. The largest absolute Gasteiger partial charge is 0.480 e.